The van der Waals surface area contributed by atoms with Crippen LogP contribution >= 0.6 is 11.3 Å². The van der Waals surface area contributed by atoms with Gasteiger partial charge < -0.3 is 10.4 Å². The molecule has 172 valence electrons. The van der Waals surface area contributed by atoms with Crippen LogP contribution in [0.1, 0.15) is 20.6 Å². The van der Waals surface area contributed by atoms with Gasteiger partial charge in [-0.2, -0.15) is 0 Å². The number of aromatic nitrogens is 1. The molecular weight excluding hydrogens is 487 g/mol. The van der Waals surface area contributed by atoms with Gasteiger partial charge in [0.05, 0.1) is 27.3 Å². The van der Waals surface area contributed by atoms with Crippen LogP contribution in [0.25, 0.3) is 10.2 Å². The van der Waals surface area contributed by atoms with Crippen molar-refractivity contribution in [3.8, 4) is 0 Å². The Morgan fingerprint density at radius 1 is 1.19 bits per heavy atom. The first-order chi connectivity index (χ1) is 14.2. The number of hydrogen-bond acceptors (Lipinski definition) is 8. The summed E-state index contributed by atoms with van der Waals surface area (Å²) < 4.78 is 85.9. The first kappa shape index (κ1) is 25.0. The van der Waals surface area contributed by atoms with E-state index in [1.54, 1.807) is 0 Å². The van der Waals surface area contributed by atoms with E-state index in [4.69, 9.17) is 10.2 Å². The number of amides is 1. The number of sulfonamides is 1. The summed E-state index contributed by atoms with van der Waals surface area (Å²) in [7, 11) is -8.88. The Kier molecular flexibility index (Phi) is 7.61. The average molecular weight is 504 g/mol. The number of sulfone groups is 1. The molecule has 2 unspecified atom stereocenters. The SMILES string of the molecule is NS(=O)(=O)CCNC(=O)C(c1nc2ccc(C(=O)O)cc2s1)S(=O)(=O)CC(F)C(F)F. The molecule has 1 amide bonds. The van der Waals surface area contributed by atoms with Crippen molar-refractivity contribution in [2.24, 2.45) is 5.14 Å². The second-order valence-corrected chi connectivity index (χ2v) is 11.2. The number of primary sulfonamides is 1. The van der Waals surface area contributed by atoms with Crippen molar-refractivity contribution in [1.82, 2.24) is 10.3 Å². The molecule has 4 N–H and O–H groups in total. The number of carboxylic acid groups (broad SMARTS) is 1. The molecule has 16 heteroatoms. The van der Waals surface area contributed by atoms with E-state index < -0.39 is 72.6 Å². The predicted molar refractivity (Wildman–Crippen MR) is 105 cm³/mol. The molecule has 0 fully saturated rings. The number of carboxylic acids is 1. The van der Waals surface area contributed by atoms with Gasteiger partial charge in [0.2, 0.25) is 15.9 Å². The lowest BCUT2D eigenvalue weighted by Crippen LogP contribution is -2.39. The summed E-state index contributed by atoms with van der Waals surface area (Å²) in [6, 6.07) is 3.59. The molecule has 2 atom stereocenters. The highest BCUT2D eigenvalue weighted by atomic mass is 32.2. The van der Waals surface area contributed by atoms with Gasteiger partial charge in [-0.15, -0.1) is 11.3 Å². The molecule has 31 heavy (non-hydrogen) atoms. The van der Waals surface area contributed by atoms with Crippen LogP contribution in [-0.4, -0.2) is 69.5 Å². The summed E-state index contributed by atoms with van der Waals surface area (Å²) in [6.07, 6.45) is -6.69. The highest BCUT2D eigenvalue weighted by molar-refractivity contribution is 7.92. The minimum absolute atomic E-state index is 0.119. The number of carbonyl (C=O) groups is 2. The molecule has 2 rings (SSSR count). The minimum Gasteiger partial charge on any atom is -0.478 e. The summed E-state index contributed by atoms with van der Waals surface area (Å²) in [5.74, 6) is -5.02. The number of hydrogen-bond donors (Lipinski definition) is 3. The van der Waals surface area contributed by atoms with Crippen molar-refractivity contribution in [1.29, 1.82) is 0 Å². The molecule has 1 heterocycles. The van der Waals surface area contributed by atoms with Crippen LogP contribution in [0.3, 0.4) is 0 Å². The number of fused-ring (bicyclic) bond motifs is 1. The van der Waals surface area contributed by atoms with Crippen LogP contribution in [0.2, 0.25) is 0 Å². The van der Waals surface area contributed by atoms with Crippen LogP contribution < -0.4 is 10.5 Å². The quantitative estimate of drug-likeness (QED) is 0.419. The fourth-order valence-electron chi connectivity index (χ4n) is 2.42. The average Bonchev–Trinajstić information content (AvgIpc) is 3.01. The predicted octanol–water partition coefficient (Wildman–Crippen LogP) is 0.458. The van der Waals surface area contributed by atoms with Crippen molar-refractivity contribution in [3.05, 3.63) is 28.8 Å². The van der Waals surface area contributed by atoms with Gasteiger partial charge in [-0.3, -0.25) is 4.79 Å². The van der Waals surface area contributed by atoms with Gasteiger partial charge in [-0.1, -0.05) is 0 Å². The molecule has 2 aromatic rings. The third kappa shape index (κ3) is 6.59. The fourth-order valence-corrected chi connectivity index (χ4v) is 5.93. The standard InChI is InChI=1S/C15H16F3N3O7S3/c16-8(12(17)18)6-30(25,26)11(13(22)20-3-4-31(19,27)28)14-21-9-2-1-7(15(23)24)5-10(9)29-14/h1-2,5,8,11-12H,3-4,6H2,(H,20,22)(H,23,24)(H2,19,27,28). The Hall–Kier alpha value is -2.30. The molecule has 0 aliphatic rings. The van der Waals surface area contributed by atoms with Gasteiger partial charge in [0.1, 0.15) is 5.01 Å². The Labute approximate surface area is 178 Å². The van der Waals surface area contributed by atoms with E-state index in [-0.39, 0.29) is 15.8 Å². The highest BCUT2D eigenvalue weighted by Gasteiger charge is 2.40. The lowest BCUT2D eigenvalue weighted by atomic mass is 10.2. The number of alkyl halides is 3. The number of aromatic carboxylic acids is 1. The van der Waals surface area contributed by atoms with Gasteiger partial charge in [0.15, 0.2) is 21.3 Å². The van der Waals surface area contributed by atoms with E-state index in [0.29, 0.717) is 11.3 Å². The van der Waals surface area contributed by atoms with Crippen LogP contribution in [0.4, 0.5) is 13.2 Å². The second-order valence-electron chi connectivity index (χ2n) is 6.26. The molecule has 1 aromatic heterocycles. The van der Waals surface area contributed by atoms with Crippen molar-refractivity contribution >= 4 is 53.3 Å². The third-order valence-electron chi connectivity index (χ3n) is 3.82. The zero-order valence-electron chi connectivity index (χ0n) is 15.4. The first-order valence-corrected chi connectivity index (χ1v) is 12.5. The largest absolute Gasteiger partial charge is 0.478 e. The van der Waals surface area contributed by atoms with Crippen LogP contribution in [0.5, 0.6) is 0 Å². The topological polar surface area (TPSA) is 174 Å². The second kappa shape index (κ2) is 9.46. The van der Waals surface area contributed by atoms with Crippen molar-refractivity contribution in [3.63, 3.8) is 0 Å². The van der Waals surface area contributed by atoms with E-state index in [2.05, 4.69) is 4.98 Å². The zero-order chi connectivity index (χ0) is 23.6. The number of nitrogens with two attached hydrogens (primary N) is 1. The summed E-state index contributed by atoms with van der Waals surface area (Å²) in [4.78, 5) is 27.5. The Balaban J connectivity index is 2.47. The summed E-state index contributed by atoms with van der Waals surface area (Å²) >= 11 is 0.599. The zero-order valence-corrected chi connectivity index (χ0v) is 17.8. The number of rotatable bonds is 10. The number of thiazole rings is 1. The molecule has 1 aromatic carbocycles. The van der Waals surface area contributed by atoms with Gasteiger partial charge in [0.25, 0.3) is 6.43 Å². The Morgan fingerprint density at radius 2 is 1.84 bits per heavy atom. The van der Waals surface area contributed by atoms with Gasteiger partial charge in [-0.25, -0.2) is 44.9 Å². The molecule has 10 nitrogen and oxygen atoms in total. The van der Waals surface area contributed by atoms with E-state index in [0.717, 1.165) is 0 Å². The molecule has 0 aliphatic carbocycles. The maximum Gasteiger partial charge on any atom is 0.335 e. The third-order valence-corrected chi connectivity index (χ3v) is 7.77. The molecule has 0 bridgehead atoms. The van der Waals surface area contributed by atoms with E-state index in [9.17, 15) is 39.6 Å². The van der Waals surface area contributed by atoms with E-state index in [1.165, 1.54) is 18.2 Å². The molecular formula is C15H16F3N3O7S3. The number of nitrogens with one attached hydrogen (secondary N) is 1. The van der Waals surface area contributed by atoms with E-state index >= 15 is 0 Å². The van der Waals surface area contributed by atoms with Crippen LogP contribution in [0, 0.1) is 0 Å². The summed E-state index contributed by atoms with van der Waals surface area (Å²) in [5, 5.41) is 13.2. The molecule has 0 saturated carbocycles. The molecule has 0 saturated heterocycles. The van der Waals surface area contributed by atoms with Crippen LogP contribution in [0.15, 0.2) is 18.2 Å². The minimum atomic E-state index is -4.88. The number of carbonyl (C=O) groups excluding carboxylic acids is 1. The molecule has 0 aliphatic heterocycles. The van der Waals surface area contributed by atoms with E-state index in [1.807, 2.05) is 5.32 Å². The monoisotopic (exact) mass is 503 g/mol. The number of nitrogens with zero attached hydrogens (tertiary/aromatic N) is 1. The summed E-state index contributed by atoms with van der Waals surface area (Å²) in [6.45, 7) is -0.592. The smallest absolute Gasteiger partial charge is 0.335 e. The van der Waals surface area contributed by atoms with Gasteiger partial charge >= 0.3 is 5.97 Å². The summed E-state index contributed by atoms with van der Waals surface area (Å²) in [5.41, 5.74) is -0.0329. The maximum atomic E-state index is 13.5. The Morgan fingerprint density at radius 3 is 2.39 bits per heavy atom. The number of benzene rings is 1. The normalized spacial score (nSPS) is 14.5. The fraction of sp³-hybridized carbons (Fsp3) is 0.400. The molecule has 0 radical (unpaired) electrons. The van der Waals surface area contributed by atoms with Crippen molar-refractivity contribution in [2.75, 3.05) is 18.1 Å². The lowest BCUT2D eigenvalue weighted by Gasteiger charge is -2.16. The number of halogens is 3. The van der Waals surface area contributed by atoms with Gasteiger partial charge in [-0.05, 0) is 18.2 Å². The van der Waals surface area contributed by atoms with Crippen molar-refractivity contribution in [2.45, 2.75) is 17.8 Å². The maximum absolute atomic E-state index is 13.5. The highest BCUT2D eigenvalue weighted by Crippen LogP contribution is 2.33. The molecule has 0 spiro atoms. The van der Waals surface area contributed by atoms with Crippen LogP contribution in [-0.2, 0) is 24.7 Å². The Bertz CT molecular complexity index is 1200. The lowest BCUT2D eigenvalue weighted by molar-refractivity contribution is -0.120. The van der Waals surface area contributed by atoms with Gasteiger partial charge in [0, 0.05) is 6.54 Å². The van der Waals surface area contributed by atoms with Crippen molar-refractivity contribution < 1.29 is 44.7 Å². The first-order valence-electron chi connectivity index (χ1n) is 8.27.